The molecular formula is C12H17N. The minimum Gasteiger partial charge on any atom is -0.308 e. The second-order valence-electron chi connectivity index (χ2n) is 4.11. The zero-order valence-corrected chi connectivity index (χ0v) is 8.38. The Morgan fingerprint density at radius 1 is 1.31 bits per heavy atom. The van der Waals surface area contributed by atoms with E-state index >= 15 is 0 Å². The van der Waals surface area contributed by atoms with Crippen molar-refractivity contribution in [1.29, 1.82) is 0 Å². The maximum Gasteiger partial charge on any atom is 0.0328 e. The van der Waals surface area contributed by atoms with E-state index < -0.39 is 0 Å². The number of aryl methyl sites for hydroxylation is 1. The van der Waals surface area contributed by atoms with E-state index in [1.165, 1.54) is 24.0 Å². The minimum atomic E-state index is 0.580. The topological polar surface area (TPSA) is 12.0 Å². The van der Waals surface area contributed by atoms with Crippen molar-refractivity contribution in [2.45, 2.75) is 38.8 Å². The Hall–Kier alpha value is -0.820. The van der Waals surface area contributed by atoms with Crippen molar-refractivity contribution in [3.8, 4) is 0 Å². The maximum absolute atomic E-state index is 3.60. The van der Waals surface area contributed by atoms with Crippen LogP contribution in [0.15, 0.2) is 24.3 Å². The molecule has 1 aromatic rings. The first-order valence-electron chi connectivity index (χ1n) is 5.11. The highest BCUT2D eigenvalue weighted by molar-refractivity contribution is 5.34. The molecule has 0 unspecified atom stereocenters. The molecule has 0 saturated carbocycles. The van der Waals surface area contributed by atoms with Crippen LogP contribution in [-0.4, -0.2) is 6.04 Å². The van der Waals surface area contributed by atoms with Gasteiger partial charge in [-0.15, -0.1) is 0 Å². The minimum absolute atomic E-state index is 0.580. The highest BCUT2D eigenvalue weighted by Gasteiger charge is 2.21. The average molecular weight is 175 g/mol. The van der Waals surface area contributed by atoms with Crippen LogP contribution in [0, 0.1) is 0 Å². The summed E-state index contributed by atoms with van der Waals surface area (Å²) in [6.07, 6.45) is 2.50. The molecule has 1 atom stereocenters. The number of hydrogen-bond donors (Lipinski definition) is 1. The summed E-state index contributed by atoms with van der Waals surface area (Å²) in [6, 6.07) is 9.95. The lowest BCUT2D eigenvalue weighted by molar-refractivity contribution is 0.475. The molecule has 0 aromatic heterocycles. The highest BCUT2D eigenvalue weighted by atomic mass is 14.9. The molecule has 1 aliphatic carbocycles. The van der Waals surface area contributed by atoms with Gasteiger partial charge in [-0.3, -0.25) is 0 Å². The monoisotopic (exact) mass is 175 g/mol. The molecule has 0 heterocycles. The van der Waals surface area contributed by atoms with Crippen LogP contribution in [0.1, 0.15) is 37.4 Å². The average Bonchev–Trinajstić information content (AvgIpc) is 2.48. The van der Waals surface area contributed by atoms with Crippen LogP contribution in [0.3, 0.4) is 0 Å². The molecule has 2 rings (SSSR count). The Kier molecular flexibility index (Phi) is 2.36. The van der Waals surface area contributed by atoms with E-state index in [1.54, 1.807) is 0 Å². The standard InChI is InChI=1S/C12H17N/c1-9(2)13-12-8-7-10-5-3-4-6-11(10)12/h3-6,9,12-13H,7-8H2,1-2H3/t12-/m1/s1. The van der Waals surface area contributed by atoms with Crippen molar-refractivity contribution in [3.05, 3.63) is 35.4 Å². The quantitative estimate of drug-likeness (QED) is 0.728. The third kappa shape index (κ3) is 1.75. The maximum atomic E-state index is 3.60. The van der Waals surface area contributed by atoms with Crippen molar-refractivity contribution >= 4 is 0 Å². The van der Waals surface area contributed by atoms with Crippen molar-refractivity contribution in [3.63, 3.8) is 0 Å². The van der Waals surface area contributed by atoms with Gasteiger partial charge in [0.15, 0.2) is 0 Å². The van der Waals surface area contributed by atoms with Crippen molar-refractivity contribution in [1.82, 2.24) is 5.32 Å². The number of benzene rings is 1. The Bertz CT molecular complexity index is 291. The van der Waals surface area contributed by atoms with Crippen LogP contribution in [0.4, 0.5) is 0 Å². The van der Waals surface area contributed by atoms with Gasteiger partial charge in [0.2, 0.25) is 0 Å². The molecule has 1 aromatic carbocycles. The van der Waals surface area contributed by atoms with E-state index in [1.807, 2.05) is 0 Å². The summed E-state index contributed by atoms with van der Waals surface area (Å²) in [5.41, 5.74) is 3.04. The zero-order chi connectivity index (χ0) is 9.26. The summed E-state index contributed by atoms with van der Waals surface area (Å²) in [4.78, 5) is 0. The molecule has 0 bridgehead atoms. The Balaban J connectivity index is 2.18. The normalized spacial score (nSPS) is 20.7. The van der Waals surface area contributed by atoms with Gasteiger partial charge in [-0.1, -0.05) is 38.1 Å². The first-order valence-corrected chi connectivity index (χ1v) is 5.11. The van der Waals surface area contributed by atoms with Gasteiger partial charge >= 0.3 is 0 Å². The summed E-state index contributed by atoms with van der Waals surface area (Å²) in [7, 11) is 0. The third-order valence-electron chi connectivity index (χ3n) is 2.67. The zero-order valence-electron chi connectivity index (χ0n) is 8.38. The molecule has 0 saturated heterocycles. The van der Waals surface area contributed by atoms with Crippen LogP contribution >= 0.6 is 0 Å². The molecule has 1 heteroatoms. The molecule has 0 aliphatic heterocycles. The fraction of sp³-hybridized carbons (Fsp3) is 0.500. The van der Waals surface area contributed by atoms with E-state index in [0.717, 1.165) is 0 Å². The molecule has 13 heavy (non-hydrogen) atoms. The lowest BCUT2D eigenvalue weighted by atomic mass is 10.1. The first-order chi connectivity index (χ1) is 6.27. The molecule has 70 valence electrons. The van der Waals surface area contributed by atoms with Crippen LogP contribution in [0.25, 0.3) is 0 Å². The number of fused-ring (bicyclic) bond motifs is 1. The molecule has 1 aliphatic rings. The van der Waals surface area contributed by atoms with Gasteiger partial charge in [0.1, 0.15) is 0 Å². The Labute approximate surface area is 80.2 Å². The van der Waals surface area contributed by atoms with Gasteiger partial charge in [-0.2, -0.15) is 0 Å². The van der Waals surface area contributed by atoms with Crippen LogP contribution in [0.5, 0.6) is 0 Å². The lowest BCUT2D eigenvalue weighted by Crippen LogP contribution is -2.26. The second kappa shape index (κ2) is 3.51. The SMILES string of the molecule is CC(C)N[C@@H]1CCc2ccccc21. The molecule has 1 nitrogen and oxygen atoms in total. The molecule has 1 N–H and O–H groups in total. The van der Waals surface area contributed by atoms with Gasteiger partial charge < -0.3 is 5.32 Å². The van der Waals surface area contributed by atoms with Crippen molar-refractivity contribution in [2.24, 2.45) is 0 Å². The van der Waals surface area contributed by atoms with E-state index in [9.17, 15) is 0 Å². The predicted molar refractivity (Wildman–Crippen MR) is 55.8 cm³/mol. The van der Waals surface area contributed by atoms with E-state index in [4.69, 9.17) is 0 Å². The van der Waals surface area contributed by atoms with Gasteiger partial charge in [0.25, 0.3) is 0 Å². The largest absolute Gasteiger partial charge is 0.308 e. The third-order valence-corrected chi connectivity index (χ3v) is 2.67. The van der Waals surface area contributed by atoms with E-state index in [0.29, 0.717) is 12.1 Å². The summed E-state index contributed by atoms with van der Waals surface area (Å²) in [5.74, 6) is 0. The molecule has 0 amide bonds. The summed E-state index contributed by atoms with van der Waals surface area (Å²) in [5, 5.41) is 3.60. The van der Waals surface area contributed by atoms with Gasteiger partial charge in [-0.25, -0.2) is 0 Å². The van der Waals surface area contributed by atoms with Crippen LogP contribution in [0.2, 0.25) is 0 Å². The molecule has 0 radical (unpaired) electrons. The smallest absolute Gasteiger partial charge is 0.0328 e. The summed E-state index contributed by atoms with van der Waals surface area (Å²) in [6.45, 7) is 4.42. The fourth-order valence-electron chi connectivity index (χ4n) is 2.13. The van der Waals surface area contributed by atoms with Crippen LogP contribution < -0.4 is 5.32 Å². The molecule has 0 fully saturated rings. The first kappa shape index (κ1) is 8.76. The van der Waals surface area contributed by atoms with Gasteiger partial charge in [0, 0.05) is 12.1 Å². The second-order valence-corrected chi connectivity index (χ2v) is 4.11. The molecular weight excluding hydrogens is 158 g/mol. The summed E-state index contributed by atoms with van der Waals surface area (Å²) < 4.78 is 0. The van der Waals surface area contributed by atoms with Crippen molar-refractivity contribution < 1.29 is 0 Å². The molecule has 0 spiro atoms. The highest BCUT2D eigenvalue weighted by Crippen LogP contribution is 2.30. The van der Waals surface area contributed by atoms with Crippen molar-refractivity contribution in [2.75, 3.05) is 0 Å². The van der Waals surface area contributed by atoms with Gasteiger partial charge in [0.05, 0.1) is 0 Å². The van der Waals surface area contributed by atoms with E-state index in [-0.39, 0.29) is 0 Å². The number of rotatable bonds is 2. The van der Waals surface area contributed by atoms with E-state index in [2.05, 4.69) is 43.4 Å². The van der Waals surface area contributed by atoms with Crippen LogP contribution in [-0.2, 0) is 6.42 Å². The Morgan fingerprint density at radius 3 is 2.85 bits per heavy atom. The number of hydrogen-bond acceptors (Lipinski definition) is 1. The summed E-state index contributed by atoms with van der Waals surface area (Å²) >= 11 is 0. The number of nitrogens with one attached hydrogen (secondary N) is 1. The van der Waals surface area contributed by atoms with Gasteiger partial charge in [-0.05, 0) is 24.0 Å². The lowest BCUT2D eigenvalue weighted by Gasteiger charge is -2.16. The Morgan fingerprint density at radius 2 is 2.08 bits per heavy atom. The predicted octanol–water partition coefficient (Wildman–Crippen LogP) is 2.67. The fourth-order valence-corrected chi connectivity index (χ4v) is 2.13.